The van der Waals surface area contributed by atoms with E-state index in [9.17, 15) is 14.0 Å². The first-order chi connectivity index (χ1) is 12.2. The SMILES string of the molecule is Cc1cc2c(c(F)n1)-c1ccccc1CC(=O)N2CC(=O)OC(C)(C)C. The van der Waals surface area contributed by atoms with Gasteiger partial charge in [-0.05, 0) is 44.9 Å². The van der Waals surface area contributed by atoms with Gasteiger partial charge in [0.15, 0.2) is 0 Å². The zero-order valence-corrected chi connectivity index (χ0v) is 15.3. The molecular weight excluding hydrogens is 335 g/mol. The normalized spacial score (nSPS) is 13.7. The van der Waals surface area contributed by atoms with Crippen LogP contribution < -0.4 is 4.90 Å². The van der Waals surface area contributed by atoms with Gasteiger partial charge in [-0.25, -0.2) is 4.98 Å². The Bertz CT molecular complexity index is 887. The summed E-state index contributed by atoms with van der Waals surface area (Å²) in [5, 5.41) is 0. The lowest BCUT2D eigenvalue weighted by Crippen LogP contribution is -2.39. The molecule has 0 saturated heterocycles. The van der Waals surface area contributed by atoms with Gasteiger partial charge in [0, 0.05) is 5.69 Å². The number of fused-ring (bicyclic) bond motifs is 3. The molecule has 5 nitrogen and oxygen atoms in total. The molecule has 2 heterocycles. The van der Waals surface area contributed by atoms with Gasteiger partial charge in [-0.1, -0.05) is 24.3 Å². The van der Waals surface area contributed by atoms with Crippen molar-refractivity contribution < 1.29 is 18.7 Å². The molecule has 6 heteroatoms. The van der Waals surface area contributed by atoms with E-state index in [4.69, 9.17) is 4.74 Å². The van der Waals surface area contributed by atoms with E-state index in [0.717, 1.165) is 0 Å². The van der Waals surface area contributed by atoms with Crippen molar-refractivity contribution in [1.29, 1.82) is 0 Å². The summed E-state index contributed by atoms with van der Waals surface area (Å²) in [6.07, 6.45) is 0.0755. The molecule has 136 valence electrons. The van der Waals surface area contributed by atoms with Crippen LogP contribution in [0.1, 0.15) is 32.0 Å². The topological polar surface area (TPSA) is 59.5 Å². The second-order valence-corrected chi connectivity index (χ2v) is 7.35. The second-order valence-electron chi connectivity index (χ2n) is 7.35. The maximum atomic E-state index is 14.7. The molecule has 0 saturated carbocycles. The molecule has 1 aliphatic heterocycles. The molecule has 0 fully saturated rings. The molecule has 0 atom stereocenters. The van der Waals surface area contributed by atoms with Crippen molar-refractivity contribution in [2.45, 2.75) is 39.7 Å². The van der Waals surface area contributed by atoms with Gasteiger partial charge in [-0.3, -0.25) is 9.59 Å². The van der Waals surface area contributed by atoms with Crippen LogP contribution in [0.3, 0.4) is 0 Å². The molecular formula is C20H21FN2O3. The molecule has 1 aromatic heterocycles. The number of anilines is 1. The number of nitrogens with zero attached hydrogens (tertiary/aromatic N) is 2. The molecule has 0 bridgehead atoms. The van der Waals surface area contributed by atoms with E-state index in [1.165, 1.54) is 4.90 Å². The first-order valence-corrected chi connectivity index (χ1v) is 8.43. The maximum absolute atomic E-state index is 14.7. The number of hydrogen-bond donors (Lipinski definition) is 0. The fourth-order valence-electron chi connectivity index (χ4n) is 3.07. The van der Waals surface area contributed by atoms with E-state index >= 15 is 0 Å². The smallest absolute Gasteiger partial charge is 0.326 e. The van der Waals surface area contributed by atoms with Gasteiger partial charge in [-0.2, -0.15) is 4.39 Å². The van der Waals surface area contributed by atoms with Crippen LogP contribution in [0.4, 0.5) is 10.1 Å². The first-order valence-electron chi connectivity index (χ1n) is 8.43. The molecule has 0 aliphatic carbocycles. The Hall–Kier alpha value is -2.76. The second kappa shape index (κ2) is 6.52. The Labute approximate surface area is 151 Å². The lowest BCUT2D eigenvalue weighted by Gasteiger charge is -2.25. The third kappa shape index (κ3) is 3.59. The Morgan fingerprint density at radius 2 is 2.00 bits per heavy atom. The van der Waals surface area contributed by atoms with Crippen molar-refractivity contribution in [1.82, 2.24) is 4.98 Å². The van der Waals surface area contributed by atoms with Crippen LogP contribution >= 0.6 is 0 Å². The predicted molar refractivity (Wildman–Crippen MR) is 96.3 cm³/mol. The van der Waals surface area contributed by atoms with Crippen molar-refractivity contribution >= 4 is 17.6 Å². The fourth-order valence-corrected chi connectivity index (χ4v) is 3.07. The number of hydrogen-bond acceptors (Lipinski definition) is 4. The average Bonchev–Trinajstić information content (AvgIpc) is 2.61. The quantitative estimate of drug-likeness (QED) is 0.611. The van der Waals surface area contributed by atoms with Crippen LogP contribution in [-0.4, -0.2) is 29.0 Å². The van der Waals surface area contributed by atoms with E-state index in [-0.39, 0.29) is 24.4 Å². The number of esters is 1. The summed E-state index contributed by atoms with van der Waals surface area (Å²) >= 11 is 0. The number of carbonyl (C=O) groups is 2. The zero-order chi connectivity index (χ0) is 19.1. The Morgan fingerprint density at radius 1 is 1.31 bits per heavy atom. The first kappa shape index (κ1) is 18.0. The number of aromatic nitrogens is 1. The van der Waals surface area contributed by atoms with Crippen LogP contribution in [0.25, 0.3) is 11.1 Å². The summed E-state index contributed by atoms with van der Waals surface area (Å²) in [4.78, 5) is 30.3. The van der Waals surface area contributed by atoms with Crippen LogP contribution in [0.15, 0.2) is 30.3 Å². The van der Waals surface area contributed by atoms with Crippen molar-refractivity contribution in [3.8, 4) is 11.1 Å². The Kier molecular flexibility index (Phi) is 4.52. The van der Waals surface area contributed by atoms with E-state index in [1.54, 1.807) is 58.0 Å². The van der Waals surface area contributed by atoms with Crippen molar-refractivity contribution in [3.05, 3.63) is 47.5 Å². The van der Waals surface area contributed by atoms with Gasteiger partial charge in [0.25, 0.3) is 0 Å². The predicted octanol–water partition coefficient (Wildman–Crippen LogP) is 3.43. The Morgan fingerprint density at radius 3 is 2.69 bits per heavy atom. The Balaban J connectivity index is 2.11. The minimum absolute atomic E-state index is 0.0755. The minimum atomic E-state index is -0.669. The molecule has 0 unspecified atom stereocenters. The standard InChI is InChI=1S/C20H21FN2O3/c1-12-9-15-18(19(21)22-12)14-8-6-5-7-13(14)10-16(24)23(15)11-17(25)26-20(2,3)4/h5-9H,10-11H2,1-4H3. The number of carbonyl (C=O) groups excluding carboxylic acids is 2. The highest BCUT2D eigenvalue weighted by atomic mass is 19.1. The molecule has 0 N–H and O–H groups in total. The molecule has 0 spiro atoms. The van der Waals surface area contributed by atoms with Gasteiger partial charge < -0.3 is 9.64 Å². The molecule has 1 aromatic carbocycles. The van der Waals surface area contributed by atoms with Gasteiger partial charge >= 0.3 is 5.97 Å². The minimum Gasteiger partial charge on any atom is -0.459 e. The lowest BCUT2D eigenvalue weighted by atomic mass is 9.99. The molecule has 26 heavy (non-hydrogen) atoms. The molecule has 3 rings (SSSR count). The molecule has 1 amide bonds. The summed E-state index contributed by atoms with van der Waals surface area (Å²) in [5.74, 6) is -1.49. The molecule has 1 aliphatic rings. The number of pyridine rings is 1. The van der Waals surface area contributed by atoms with E-state index in [0.29, 0.717) is 22.5 Å². The monoisotopic (exact) mass is 356 g/mol. The number of rotatable bonds is 2. The van der Waals surface area contributed by atoms with Crippen molar-refractivity contribution in [2.24, 2.45) is 0 Å². The van der Waals surface area contributed by atoms with Gasteiger partial charge in [0.2, 0.25) is 11.9 Å². The third-order valence-corrected chi connectivity index (χ3v) is 4.01. The van der Waals surface area contributed by atoms with E-state index in [2.05, 4.69) is 4.98 Å². The number of ether oxygens (including phenoxy) is 1. The summed E-state index contributed by atoms with van der Waals surface area (Å²) in [6.45, 7) is 6.64. The highest BCUT2D eigenvalue weighted by Crippen LogP contribution is 2.38. The lowest BCUT2D eigenvalue weighted by molar-refractivity contribution is -0.153. The summed E-state index contributed by atoms with van der Waals surface area (Å²) in [6, 6.07) is 8.76. The largest absolute Gasteiger partial charge is 0.459 e. The molecule has 0 radical (unpaired) electrons. The summed E-state index contributed by atoms with van der Waals surface area (Å²) in [7, 11) is 0. The number of amides is 1. The number of aryl methyl sites for hydroxylation is 1. The summed E-state index contributed by atoms with van der Waals surface area (Å²) in [5.41, 5.74) is 1.67. The maximum Gasteiger partial charge on any atom is 0.326 e. The number of halogens is 1. The fraction of sp³-hybridized carbons (Fsp3) is 0.350. The van der Waals surface area contributed by atoms with Crippen molar-refractivity contribution in [2.75, 3.05) is 11.4 Å². The van der Waals surface area contributed by atoms with Crippen molar-refractivity contribution in [3.63, 3.8) is 0 Å². The summed E-state index contributed by atoms with van der Waals surface area (Å²) < 4.78 is 20.1. The van der Waals surface area contributed by atoms with Gasteiger partial charge in [-0.15, -0.1) is 0 Å². The van der Waals surface area contributed by atoms with Crippen LogP contribution in [0, 0.1) is 12.9 Å². The highest BCUT2D eigenvalue weighted by Gasteiger charge is 2.31. The molecule has 2 aromatic rings. The highest BCUT2D eigenvalue weighted by molar-refractivity contribution is 6.05. The average molecular weight is 356 g/mol. The third-order valence-electron chi connectivity index (χ3n) is 4.01. The van der Waals surface area contributed by atoms with Crippen LogP contribution in [-0.2, 0) is 20.7 Å². The number of benzene rings is 1. The van der Waals surface area contributed by atoms with E-state index < -0.39 is 17.5 Å². The zero-order valence-electron chi connectivity index (χ0n) is 15.3. The van der Waals surface area contributed by atoms with Crippen LogP contribution in [0.2, 0.25) is 0 Å². The van der Waals surface area contributed by atoms with E-state index in [1.807, 2.05) is 0 Å². The van der Waals surface area contributed by atoms with Crippen LogP contribution in [0.5, 0.6) is 0 Å². The van der Waals surface area contributed by atoms with Gasteiger partial charge in [0.1, 0.15) is 12.1 Å². The van der Waals surface area contributed by atoms with Gasteiger partial charge in [0.05, 0.1) is 17.7 Å².